The molecule has 3 aliphatic heterocycles. The van der Waals surface area contributed by atoms with E-state index in [-0.39, 0.29) is 11.8 Å². The minimum Gasteiger partial charge on any atom is -0.508 e. The van der Waals surface area contributed by atoms with Crippen LogP contribution in [0.5, 0.6) is 5.75 Å². The zero-order valence-electron chi connectivity index (χ0n) is 29.1. The lowest BCUT2D eigenvalue weighted by atomic mass is 9.79. The molecule has 0 spiro atoms. The van der Waals surface area contributed by atoms with Gasteiger partial charge in [0.15, 0.2) is 11.6 Å². The fourth-order valence-electron chi connectivity index (χ4n) is 8.63. The number of halogens is 1. The van der Waals surface area contributed by atoms with E-state index in [2.05, 4.69) is 51.2 Å². The summed E-state index contributed by atoms with van der Waals surface area (Å²) in [4.78, 5) is 15.0. The molecule has 10 rings (SSSR count). The average molecular weight is 681 g/mol. The summed E-state index contributed by atoms with van der Waals surface area (Å²) >= 11 is 0. The summed E-state index contributed by atoms with van der Waals surface area (Å²) in [5, 5.41) is 29.9. The van der Waals surface area contributed by atoms with E-state index in [0.717, 1.165) is 89.0 Å². The molecule has 2 bridgehead atoms. The highest BCUT2D eigenvalue weighted by atomic mass is 19.1. The van der Waals surface area contributed by atoms with Crippen molar-refractivity contribution in [3.8, 4) is 22.9 Å². The normalized spacial score (nSPS) is 20.0. The van der Waals surface area contributed by atoms with Gasteiger partial charge in [-0.1, -0.05) is 36.4 Å². The zero-order valence-corrected chi connectivity index (χ0v) is 29.1. The number of hydrogen-bond acceptors (Lipinski definition) is 8. The number of hydrogen-bond donors (Lipinski definition) is 3. The van der Waals surface area contributed by atoms with Gasteiger partial charge in [-0.25, -0.2) is 14.4 Å². The van der Waals surface area contributed by atoms with Gasteiger partial charge in [0.2, 0.25) is 0 Å². The number of benzene rings is 4. The highest BCUT2D eigenvalue weighted by Crippen LogP contribution is 2.49. The maximum absolute atomic E-state index is 17.9. The molecule has 0 amide bonds. The molecule has 1 aliphatic carbocycles. The maximum Gasteiger partial charge on any atom is 0.157 e. The number of nitrogens with one attached hydrogen (secondary N) is 2. The van der Waals surface area contributed by atoms with Crippen LogP contribution in [0.15, 0.2) is 66.7 Å². The number of phenolic OH excluding ortho intramolecular Hbond substituents is 1. The van der Waals surface area contributed by atoms with Crippen molar-refractivity contribution in [2.24, 2.45) is 5.92 Å². The molecule has 3 saturated heterocycles. The number of likely N-dealkylation sites (N-methyl/N-ethyl adjacent to an activating group) is 2. The number of aromatic hydroxyl groups is 1. The lowest BCUT2D eigenvalue weighted by molar-refractivity contribution is 0.220. The van der Waals surface area contributed by atoms with Crippen LogP contribution < -0.4 is 15.5 Å². The monoisotopic (exact) mass is 680 g/mol. The SMILES string of the molecule is CNCCc1nc2c(N3CC(N(C)C)C3)nc3c(F)c(-c4cc(O)cc5ccccc45)c(Cc4ccc(C#N)cc4)cc3c2n1C1C2CNC1C2. The smallest absolute Gasteiger partial charge is 0.157 e. The Morgan fingerprint density at radius 1 is 1.04 bits per heavy atom. The largest absolute Gasteiger partial charge is 0.508 e. The molecule has 3 N–H and O–H groups in total. The van der Waals surface area contributed by atoms with Gasteiger partial charge in [0, 0.05) is 55.6 Å². The summed E-state index contributed by atoms with van der Waals surface area (Å²) in [6.07, 6.45) is 2.31. The Hall–Kier alpha value is -5.08. The van der Waals surface area contributed by atoms with Crippen molar-refractivity contribution in [3.05, 3.63) is 95.1 Å². The van der Waals surface area contributed by atoms with Crippen molar-refractivity contribution in [3.63, 3.8) is 0 Å². The molecule has 3 unspecified atom stereocenters. The molecule has 4 aliphatic rings. The Bertz CT molecular complexity index is 2360. The Morgan fingerprint density at radius 3 is 2.55 bits per heavy atom. The van der Waals surface area contributed by atoms with Gasteiger partial charge in [-0.3, -0.25) is 0 Å². The first-order valence-corrected chi connectivity index (χ1v) is 17.9. The number of imidazole rings is 1. The lowest BCUT2D eigenvalue weighted by Crippen LogP contribution is -2.57. The fraction of sp³-hybridized carbons (Fsp3) is 0.341. The summed E-state index contributed by atoms with van der Waals surface area (Å²) in [5.41, 5.74) is 5.47. The topological polar surface area (TPSA) is 105 Å². The van der Waals surface area contributed by atoms with Gasteiger partial charge in [0.05, 0.1) is 23.2 Å². The van der Waals surface area contributed by atoms with Crippen LogP contribution in [0.25, 0.3) is 43.8 Å². The number of phenols is 1. The van der Waals surface area contributed by atoms with Crippen LogP contribution in [0.3, 0.4) is 0 Å². The lowest BCUT2D eigenvalue weighted by Gasteiger charge is -2.43. The molecule has 10 heteroatoms. The third-order valence-corrected chi connectivity index (χ3v) is 11.5. The first-order valence-electron chi connectivity index (χ1n) is 17.9. The summed E-state index contributed by atoms with van der Waals surface area (Å²) in [7, 11) is 6.15. The molecule has 5 heterocycles. The molecule has 51 heavy (non-hydrogen) atoms. The van der Waals surface area contributed by atoms with Crippen molar-refractivity contribution in [1.82, 2.24) is 30.1 Å². The predicted octanol–water partition coefficient (Wildman–Crippen LogP) is 5.76. The molecular weight excluding hydrogens is 640 g/mol. The second-order valence-electron chi connectivity index (χ2n) is 14.7. The first-order chi connectivity index (χ1) is 24.8. The minimum atomic E-state index is -0.404. The third-order valence-electron chi connectivity index (χ3n) is 11.5. The molecule has 2 aromatic heterocycles. The van der Waals surface area contributed by atoms with Gasteiger partial charge < -0.3 is 30.1 Å². The molecule has 4 aromatic carbocycles. The number of fused-ring (bicyclic) bond motifs is 5. The molecule has 9 nitrogen and oxygen atoms in total. The quantitative estimate of drug-likeness (QED) is 0.177. The van der Waals surface area contributed by atoms with E-state index < -0.39 is 5.82 Å². The van der Waals surface area contributed by atoms with Gasteiger partial charge >= 0.3 is 0 Å². The van der Waals surface area contributed by atoms with E-state index in [1.165, 1.54) is 0 Å². The second-order valence-corrected chi connectivity index (χ2v) is 14.7. The Labute approximate surface area is 296 Å². The van der Waals surface area contributed by atoms with E-state index in [0.29, 0.717) is 46.6 Å². The Balaban J connectivity index is 1.36. The molecule has 258 valence electrons. The number of anilines is 1. The first kappa shape index (κ1) is 31.9. The van der Waals surface area contributed by atoms with Crippen LogP contribution in [0.4, 0.5) is 10.2 Å². The number of nitriles is 1. The molecule has 6 aromatic rings. The molecule has 4 fully saturated rings. The molecule has 3 atom stereocenters. The van der Waals surface area contributed by atoms with Crippen LogP contribution in [0.1, 0.15) is 35.0 Å². The molecular formula is C41H41FN8O. The van der Waals surface area contributed by atoms with Crippen molar-refractivity contribution in [2.45, 2.75) is 37.4 Å². The number of rotatable bonds is 9. The van der Waals surface area contributed by atoms with E-state index in [4.69, 9.17) is 9.97 Å². The molecule has 0 radical (unpaired) electrons. The van der Waals surface area contributed by atoms with Crippen LogP contribution in [-0.2, 0) is 12.8 Å². The van der Waals surface area contributed by atoms with Crippen LogP contribution in [0, 0.1) is 23.1 Å². The van der Waals surface area contributed by atoms with Crippen molar-refractivity contribution >= 4 is 38.5 Å². The van der Waals surface area contributed by atoms with Gasteiger partial charge in [-0.15, -0.1) is 0 Å². The van der Waals surface area contributed by atoms with Crippen LogP contribution >= 0.6 is 0 Å². The Kier molecular flexibility index (Phi) is 7.69. The number of pyridine rings is 1. The average Bonchev–Trinajstić information content (AvgIpc) is 3.84. The van der Waals surface area contributed by atoms with Gasteiger partial charge in [-0.05, 0) is 97.7 Å². The summed E-state index contributed by atoms with van der Waals surface area (Å²) < 4.78 is 20.4. The summed E-state index contributed by atoms with van der Waals surface area (Å²) in [6.45, 7) is 3.33. The van der Waals surface area contributed by atoms with Gasteiger partial charge in [-0.2, -0.15) is 5.26 Å². The number of nitrogens with zero attached hydrogens (tertiary/aromatic N) is 6. The fourth-order valence-corrected chi connectivity index (χ4v) is 8.63. The number of aromatic nitrogens is 3. The van der Waals surface area contributed by atoms with E-state index >= 15 is 4.39 Å². The highest BCUT2D eigenvalue weighted by Gasteiger charge is 2.49. The van der Waals surface area contributed by atoms with E-state index in [1.54, 1.807) is 24.3 Å². The van der Waals surface area contributed by atoms with Crippen LogP contribution in [-0.4, -0.2) is 83.9 Å². The van der Waals surface area contributed by atoms with Crippen molar-refractivity contribution in [2.75, 3.05) is 52.2 Å². The van der Waals surface area contributed by atoms with Crippen molar-refractivity contribution < 1.29 is 9.50 Å². The zero-order chi connectivity index (χ0) is 35.0. The van der Waals surface area contributed by atoms with E-state index in [1.807, 2.05) is 43.4 Å². The Morgan fingerprint density at radius 2 is 1.84 bits per heavy atom. The standard InChI is InChI=1S/C41H41FN8O/c1-44-13-12-34-46-38-40(50(34)39-27-17-33(39)45-20-27)32-16-26(14-23-8-10-24(19-43)11-9-23)35(31-18-29(51)15-25-6-4-5-7-30(25)31)36(42)37(32)47-41(38)49-21-28(22-49)48(2)3/h4-11,15-16,18,27-28,33,39,44-45,51H,12-14,17,20-22H2,1-3H3. The van der Waals surface area contributed by atoms with Gasteiger partial charge in [0.1, 0.15) is 22.6 Å². The summed E-state index contributed by atoms with van der Waals surface area (Å²) in [6, 6.07) is 24.0. The second kappa shape index (κ2) is 12.3. The predicted molar refractivity (Wildman–Crippen MR) is 200 cm³/mol. The van der Waals surface area contributed by atoms with Crippen LogP contribution in [0.2, 0.25) is 0 Å². The molecule has 1 saturated carbocycles. The highest BCUT2D eigenvalue weighted by molar-refractivity contribution is 6.10. The van der Waals surface area contributed by atoms with E-state index in [9.17, 15) is 10.4 Å². The van der Waals surface area contributed by atoms with Gasteiger partial charge in [0.25, 0.3) is 0 Å². The summed E-state index contributed by atoms with van der Waals surface area (Å²) in [5.74, 6) is 1.90. The maximum atomic E-state index is 17.9. The third kappa shape index (κ3) is 5.14. The van der Waals surface area contributed by atoms with Crippen molar-refractivity contribution in [1.29, 1.82) is 5.26 Å². The minimum absolute atomic E-state index is 0.0761.